The number of hydrogen-bond acceptors (Lipinski definition) is 3. The Labute approximate surface area is 90.0 Å². The van der Waals surface area contributed by atoms with Gasteiger partial charge in [0.15, 0.2) is 0 Å². The van der Waals surface area contributed by atoms with Crippen molar-refractivity contribution in [2.24, 2.45) is 0 Å². The highest BCUT2D eigenvalue weighted by atomic mass is 16.5. The van der Waals surface area contributed by atoms with Crippen LogP contribution in [-0.4, -0.2) is 19.5 Å². The second-order valence-electron chi connectivity index (χ2n) is 3.58. The number of carbonyl (C=O) groups is 1. The van der Waals surface area contributed by atoms with E-state index in [0.717, 1.165) is 17.6 Å². The van der Waals surface area contributed by atoms with Crippen molar-refractivity contribution < 1.29 is 14.3 Å². The van der Waals surface area contributed by atoms with Crippen molar-refractivity contribution in [2.75, 3.05) is 7.11 Å². The van der Waals surface area contributed by atoms with Gasteiger partial charge in [-0.3, -0.25) is 4.79 Å². The van der Waals surface area contributed by atoms with Crippen LogP contribution in [0.4, 0.5) is 0 Å². The summed E-state index contributed by atoms with van der Waals surface area (Å²) in [5.74, 6) is 0.775. The van der Waals surface area contributed by atoms with E-state index < -0.39 is 0 Å². The molecule has 0 aromatic heterocycles. The molecule has 0 radical (unpaired) electrons. The van der Waals surface area contributed by atoms with E-state index in [9.17, 15) is 4.79 Å². The first kappa shape index (κ1) is 11.7. The van der Waals surface area contributed by atoms with Gasteiger partial charge in [0.1, 0.15) is 12.0 Å². The van der Waals surface area contributed by atoms with Crippen LogP contribution in [0.15, 0.2) is 18.2 Å². The van der Waals surface area contributed by atoms with Gasteiger partial charge in [-0.15, -0.1) is 0 Å². The normalized spacial score (nSPS) is 10.4. The highest BCUT2D eigenvalue weighted by molar-refractivity contribution is 5.75. The first-order chi connectivity index (χ1) is 7.17. The maximum Gasteiger partial charge on any atom is 0.150 e. The summed E-state index contributed by atoms with van der Waals surface area (Å²) >= 11 is 0. The third-order valence-electron chi connectivity index (χ3n) is 1.88. The lowest BCUT2D eigenvalue weighted by atomic mass is 10.1. The molecule has 15 heavy (non-hydrogen) atoms. The lowest BCUT2D eigenvalue weighted by Gasteiger charge is -2.14. The second kappa shape index (κ2) is 5.51. The minimum absolute atomic E-state index is 0.114. The Bertz CT molecular complexity index is 332. The number of aldehydes is 1. The van der Waals surface area contributed by atoms with Crippen molar-refractivity contribution in [1.82, 2.24) is 0 Å². The van der Waals surface area contributed by atoms with E-state index in [-0.39, 0.29) is 6.10 Å². The maximum absolute atomic E-state index is 10.6. The molecule has 1 aromatic carbocycles. The van der Waals surface area contributed by atoms with E-state index in [0.29, 0.717) is 12.2 Å². The van der Waals surface area contributed by atoms with E-state index >= 15 is 0 Å². The molecule has 0 saturated heterocycles. The molecule has 0 N–H and O–H groups in total. The molecule has 3 nitrogen and oxygen atoms in total. The van der Waals surface area contributed by atoms with Crippen LogP contribution < -0.4 is 4.74 Å². The number of carbonyl (C=O) groups excluding carboxylic acids is 1. The highest BCUT2D eigenvalue weighted by Gasteiger charge is 2.06. The number of methoxy groups -OCH3 is 1. The summed E-state index contributed by atoms with van der Waals surface area (Å²) in [5.41, 5.74) is 1.54. The topological polar surface area (TPSA) is 35.5 Å². The molecule has 0 saturated carbocycles. The SMILES string of the molecule is COCc1cc(C=O)ccc1OC(C)C. The molecule has 1 aromatic rings. The van der Waals surface area contributed by atoms with Crippen molar-refractivity contribution in [2.45, 2.75) is 26.6 Å². The van der Waals surface area contributed by atoms with Gasteiger partial charge in [-0.1, -0.05) is 0 Å². The van der Waals surface area contributed by atoms with Crippen molar-refractivity contribution in [3.8, 4) is 5.75 Å². The lowest BCUT2D eigenvalue weighted by Crippen LogP contribution is -2.08. The Hall–Kier alpha value is -1.35. The average molecular weight is 208 g/mol. The third-order valence-corrected chi connectivity index (χ3v) is 1.88. The van der Waals surface area contributed by atoms with Gasteiger partial charge in [-0.25, -0.2) is 0 Å². The summed E-state index contributed by atoms with van der Waals surface area (Å²) in [6, 6.07) is 5.33. The smallest absolute Gasteiger partial charge is 0.150 e. The molecule has 0 heterocycles. The van der Waals surface area contributed by atoms with E-state index in [4.69, 9.17) is 9.47 Å². The predicted molar refractivity (Wildman–Crippen MR) is 58.3 cm³/mol. The van der Waals surface area contributed by atoms with Crippen LogP contribution in [0, 0.1) is 0 Å². The summed E-state index contributed by atoms with van der Waals surface area (Å²) in [6.45, 7) is 4.37. The van der Waals surface area contributed by atoms with Crippen molar-refractivity contribution in [3.05, 3.63) is 29.3 Å². The Balaban J connectivity index is 2.97. The second-order valence-corrected chi connectivity index (χ2v) is 3.58. The molecule has 0 atom stereocenters. The molecular weight excluding hydrogens is 192 g/mol. The van der Waals surface area contributed by atoms with E-state index in [2.05, 4.69) is 0 Å². The Morgan fingerprint density at radius 3 is 2.67 bits per heavy atom. The molecule has 0 bridgehead atoms. The Morgan fingerprint density at radius 1 is 1.40 bits per heavy atom. The molecule has 0 unspecified atom stereocenters. The Morgan fingerprint density at radius 2 is 2.13 bits per heavy atom. The molecule has 0 aliphatic rings. The van der Waals surface area contributed by atoms with Crippen LogP contribution in [0.5, 0.6) is 5.75 Å². The summed E-state index contributed by atoms with van der Waals surface area (Å²) in [7, 11) is 1.62. The first-order valence-electron chi connectivity index (χ1n) is 4.91. The molecule has 0 aliphatic carbocycles. The van der Waals surface area contributed by atoms with Crippen LogP contribution in [0.25, 0.3) is 0 Å². The van der Waals surface area contributed by atoms with Gasteiger partial charge < -0.3 is 9.47 Å². The van der Waals surface area contributed by atoms with Gasteiger partial charge in [0.2, 0.25) is 0 Å². The average Bonchev–Trinajstić information content (AvgIpc) is 2.20. The minimum Gasteiger partial charge on any atom is -0.491 e. The largest absolute Gasteiger partial charge is 0.491 e. The zero-order chi connectivity index (χ0) is 11.3. The summed E-state index contributed by atoms with van der Waals surface area (Å²) < 4.78 is 10.7. The first-order valence-corrected chi connectivity index (χ1v) is 4.91. The zero-order valence-corrected chi connectivity index (χ0v) is 9.32. The molecule has 0 amide bonds. The maximum atomic E-state index is 10.6. The van der Waals surface area contributed by atoms with Crippen molar-refractivity contribution in [3.63, 3.8) is 0 Å². The van der Waals surface area contributed by atoms with Gasteiger partial charge in [-0.05, 0) is 32.0 Å². The Kier molecular flexibility index (Phi) is 4.31. The van der Waals surface area contributed by atoms with Crippen molar-refractivity contribution >= 4 is 6.29 Å². The minimum atomic E-state index is 0.114. The monoisotopic (exact) mass is 208 g/mol. The van der Waals surface area contributed by atoms with Gasteiger partial charge >= 0.3 is 0 Å². The van der Waals surface area contributed by atoms with Gasteiger partial charge in [0, 0.05) is 18.2 Å². The highest BCUT2D eigenvalue weighted by Crippen LogP contribution is 2.21. The molecule has 0 spiro atoms. The van der Waals surface area contributed by atoms with Crippen LogP contribution >= 0.6 is 0 Å². The van der Waals surface area contributed by atoms with Crippen molar-refractivity contribution in [1.29, 1.82) is 0 Å². The summed E-state index contributed by atoms with van der Waals surface area (Å²) in [4.78, 5) is 10.6. The van der Waals surface area contributed by atoms with E-state index in [1.54, 1.807) is 25.3 Å². The molecule has 3 heteroatoms. The molecule has 0 aliphatic heterocycles. The van der Waals surface area contributed by atoms with Gasteiger partial charge in [-0.2, -0.15) is 0 Å². The van der Waals surface area contributed by atoms with Gasteiger partial charge in [0.05, 0.1) is 12.7 Å². The zero-order valence-electron chi connectivity index (χ0n) is 9.32. The van der Waals surface area contributed by atoms with E-state index in [1.165, 1.54) is 0 Å². The molecular formula is C12H16O3. The quantitative estimate of drug-likeness (QED) is 0.697. The van der Waals surface area contributed by atoms with Crippen LogP contribution in [0.2, 0.25) is 0 Å². The molecule has 82 valence electrons. The van der Waals surface area contributed by atoms with Crippen LogP contribution in [-0.2, 0) is 11.3 Å². The predicted octanol–water partition coefficient (Wildman–Crippen LogP) is 2.43. The van der Waals surface area contributed by atoms with Crippen LogP contribution in [0.3, 0.4) is 0 Å². The summed E-state index contributed by atoms with van der Waals surface area (Å²) in [6.07, 6.45) is 0.931. The fraction of sp³-hybridized carbons (Fsp3) is 0.417. The van der Waals surface area contributed by atoms with E-state index in [1.807, 2.05) is 13.8 Å². The third kappa shape index (κ3) is 3.36. The fourth-order valence-electron chi connectivity index (χ4n) is 1.31. The molecule has 0 fully saturated rings. The number of benzene rings is 1. The number of rotatable bonds is 5. The van der Waals surface area contributed by atoms with Gasteiger partial charge in [0.25, 0.3) is 0 Å². The fourth-order valence-corrected chi connectivity index (χ4v) is 1.31. The number of ether oxygens (including phenoxy) is 2. The number of hydrogen-bond donors (Lipinski definition) is 0. The van der Waals surface area contributed by atoms with Crippen LogP contribution in [0.1, 0.15) is 29.8 Å². The standard InChI is InChI=1S/C12H16O3/c1-9(2)15-12-5-4-10(7-13)6-11(12)8-14-3/h4-7,9H,8H2,1-3H3. The lowest BCUT2D eigenvalue weighted by molar-refractivity contribution is 0.112. The molecule has 1 rings (SSSR count). The summed E-state index contributed by atoms with van der Waals surface area (Å²) in [5, 5.41) is 0.